The van der Waals surface area contributed by atoms with Crippen molar-refractivity contribution in [2.45, 2.75) is 44.2 Å². The summed E-state index contributed by atoms with van der Waals surface area (Å²) >= 11 is 0. The van der Waals surface area contributed by atoms with Gasteiger partial charge in [-0.15, -0.1) is 12.4 Å². The van der Waals surface area contributed by atoms with Gasteiger partial charge >= 0.3 is 0 Å². The maximum absolute atomic E-state index is 13.3. The molecule has 10 heteroatoms. The molecule has 0 spiro atoms. The maximum atomic E-state index is 13.3. The Morgan fingerprint density at radius 1 is 1.40 bits per heavy atom. The summed E-state index contributed by atoms with van der Waals surface area (Å²) in [7, 11) is -3.23. The number of nitrogens with one attached hydrogen (secondary N) is 1. The van der Waals surface area contributed by atoms with Crippen molar-refractivity contribution in [1.29, 1.82) is 5.26 Å². The number of carbonyl (C=O) groups is 1. The molecule has 7 nitrogen and oxygen atoms in total. The smallest absolute Gasteiger partial charge is 0.237 e. The molecule has 0 aromatic rings. The second-order valence-electron chi connectivity index (χ2n) is 6.76. The molecule has 1 N–H and O–H groups in total. The number of hydrogen-bond acceptors (Lipinski definition) is 5. The molecule has 0 bridgehead atoms. The van der Waals surface area contributed by atoms with Crippen molar-refractivity contribution in [2.24, 2.45) is 5.92 Å². The van der Waals surface area contributed by atoms with Crippen molar-refractivity contribution >= 4 is 28.3 Å². The van der Waals surface area contributed by atoms with Crippen LogP contribution in [0.1, 0.15) is 26.7 Å². The summed E-state index contributed by atoms with van der Waals surface area (Å²) < 4.78 is 39.1. The highest BCUT2D eigenvalue weighted by Gasteiger charge is 2.36. The van der Waals surface area contributed by atoms with Gasteiger partial charge in [0.15, 0.2) is 0 Å². The molecule has 0 saturated carbocycles. The molecule has 2 aliphatic heterocycles. The standard InChI is InChI=1S/C15H25FN4O3S.ClH/c1-11(2)24(22,23)19-4-3-12(9-19)7-18-8-15(21)20-10-13(16)5-14(20)6-17;/h11-14,18H,3-5,7-10H2,1-2H3;1H/t12?,13-,14-;/m0./s1. The van der Waals surface area contributed by atoms with E-state index in [-0.39, 0.29) is 43.7 Å². The third-order valence-corrected chi connectivity index (χ3v) is 6.88. The van der Waals surface area contributed by atoms with Gasteiger partial charge in [0, 0.05) is 19.5 Å². The van der Waals surface area contributed by atoms with Gasteiger partial charge in [-0.1, -0.05) is 0 Å². The molecule has 0 aliphatic carbocycles. The van der Waals surface area contributed by atoms with Crippen LogP contribution in [0.4, 0.5) is 4.39 Å². The van der Waals surface area contributed by atoms with Crippen molar-refractivity contribution in [3.05, 3.63) is 0 Å². The fourth-order valence-electron chi connectivity index (χ4n) is 3.16. The van der Waals surface area contributed by atoms with Gasteiger partial charge in [0.2, 0.25) is 15.9 Å². The van der Waals surface area contributed by atoms with Crippen molar-refractivity contribution in [3.63, 3.8) is 0 Å². The number of likely N-dealkylation sites (tertiary alicyclic amines) is 1. The molecule has 25 heavy (non-hydrogen) atoms. The van der Waals surface area contributed by atoms with Gasteiger partial charge in [-0.25, -0.2) is 17.1 Å². The summed E-state index contributed by atoms with van der Waals surface area (Å²) in [5.74, 6) is -0.128. The second-order valence-corrected chi connectivity index (χ2v) is 9.25. The van der Waals surface area contributed by atoms with E-state index in [2.05, 4.69) is 5.32 Å². The molecule has 2 saturated heterocycles. The van der Waals surface area contributed by atoms with Crippen LogP contribution in [0.25, 0.3) is 0 Å². The average molecular weight is 397 g/mol. The molecule has 0 radical (unpaired) electrons. The van der Waals surface area contributed by atoms with Crippen LogP contribution in [0.5, 0.6) is 0 Å². The van der Waals surface area contributed by atoms with Gasteiger partial charge in [0.05, 0.1) is 24.4 Å². The zero-order chi connectivity index (χ0) is 17.9. The Kier molecular flexibility index (Phi) is 8.06. The van der Waals surface area contributed by atoms with Crippen LogP contribution < -0.4 is 5.32 Å². The Bertz CT molecular complexity index is 610. The predicted octanol–water partition coefficient (Wildman–Crippen LogP) is 0.520. The van der Waals surface area contributed by atoms with Crippen molar-refractivity contribution in [2.75, 3.05) is 32.7 Å². The number of carbonyl (C=O) groups excluding carboxylic acids is 1. The highest BCUT2D eigenvalue weighted by Crippen LogP contribution is 2.22. The number of halogens is 2. The summed E-state index contributed by atoms with van der Waals surface area (Å²) in [6.07, 6.45) is -0.305. The van der Waals surface area contributed by atoms with E-state index in [0.717, 1.165) is 6.42 Å². The van der Waals surface area contributed by atoms with Crippen LogP contribution >= 0.6 is 12.4 Å². The number of rotatable bonds is 6. The molecule has 144 valence electrons. The minimum Gasteiger partial charge on any atom is -0.323 e. The molecule has 2 heterocycles. The number of sulfonamides is 1. The number of amides is 1. The Morgan fingerprint density at radius 3 is 2.68 bits per heavy atom. The molecule has 2 rings (SSSR count). The fourth-order valence-corrected chi connectivity index (χ4v) is 4.54. The quantitative estimate of drug-likeness (QED) is 0.706. The topological polar surface area (TPSA) is 93.5 Å². The Hall–Kier alpha value is -0.950. The summed E-state index contributed by atoms with van der Waals surface area (Å²) in [6.45, 7) is 4.84. The highest BCUT2D eigenvalue weighted by atomic mass is 35.5. The normalized spacial score (nSPS) is 27.3. The van der Waals surface area contributed by atoms with Crippen LogP contribution in [0.3, 0.4) is 0 Å². The summed E-state index contributed by atoms with van der Waals surface area (Å²) in [5.41, 5.74) is 0. The first-order valence-electron chi connectivity index (χ1n) is 8.28. The lowest BCUT2D eigenvalue weighted by Crippen LogP contribution is -2.42. The molecule has 3 atom stereocenters. The Labute approximate surface area is 155 Å². The zero-order valence-corrected chi connectivity index (χ0v) is 16.2. The monoisotopic (exact) mass is 396 g/mol. The second kappa shape index (κ2) is 9.12. The average Bonchev–Trinajstić information content (AvgIpc) is 3.13. The number of nitriles is 1. The first kappa shape index (κ1) is 22.1. The van der Waals surface area contributed by atoms with E-state index in [9.17, 15) is 17.6 Å². The molecule has 0 aromatic carbocycles. The molecule has 0 aromatic heterocycles. The number of nitrogens with zero attached hydrogens (tertiary/aromatic N) is 3. The van der Waals surface area contributed by atoms with Crippen LogP contribution in [0.2, 0.25) is 0 Å². The third-order valence-electron chi connectivity index (χ3n) is 4.63. The third kappa shape index (κ3) is 5.26. The maximum Gasteiger partial charge on any atom is 0.237 e. The summed E-state index contributed by atoms with van der Waals surface area (Å²) in [5, 5.41) is 11.5. The SMILES string of the molecule is CC(C)S(=O)(=O)N1CCC(CNCC(=O)N2C[C@@H](F)C[C@H]2C#N)C1.Cl. The fraction of sp³-hybridized carbons (Fsp3) is 0.867. The van der Waals surface area contributed by atoms with Gasteiger partial charge in [0.1, 0.15) is 12.2 Å². The van der Waals surface area contributed by atoms with Crippen LogP contribution in [-0.4, -0.2) is 73.7 Å². The van der Waals surface area contributed by atoms with E-state index in [0.29, 0.717) is 19.6 Å². The van der Waals surface area contributed by atoms with E-state index < -0.39 is 27.5 Å². The van der Waals surface area contributed by atoms with Crippen molar-refractivity contribution < 1.29 is 17.6 Å². The van der Waals surface area contributed by atoms with Gasteiger partial charge in [-0.05, 0) is 32.7 Å². The van der Waals surface area contributed by atoms with E-state index in [4.69, 9.17) is 5.26 Å². The molecule has 1 unspecified atom stereocenters. The first-order chi connectivity index (χ1) is 11.3. The Morgan fingerprint density at radius 2 is 2.08 bits per heavy atom. The Balaban J connectivity index is 0.00000312. The minimum absolute atomic E-state index is 0. The predicted molar refractivity (Wildman–Crippen MR) is 94.5 cm³/mol. The summed E-state index contributed by atoms with van der Waals surface area (Å²) in [6, 6.07) is 1.27. The van der Waals surface area contributed by atoms with Crippen molar-refractivity contribution in [1.82, 2.24) is 14.5 Å². The number of alkyl halides is 1. The van der Waals surface area contributed by atoms with Gasteiger partial charge in [-0.2, -0.15) is 5.26 Å². The van der Waals surface area contributed by atoms with E-state index >= 15 is 0 Å². The molecular formula is C15H26ClFN4O3S. The van der Waals surface area contributed by atoms with Crippen LogP contribution in [-0.2, 0) is 14.8 Å². The van der Waals surface area contributed by atoms with Crippen LogP contribution in [0, 0.1) is 17.2 Å². The van der Waals surface area contributed by atoms with E-state index in [1.54, 1.807) is 13.8 Å². The largest absolute Gasteiger partial charge is 0.323 e. The van der Waals surface area contributed by atoms with Gasteiger partial charge < -0.3 is 10.2 Å². The minimum atomic E-state index is -3.23. The van der Waals surface area contributed by atoms with E-state index in [1.807, 2.05) is 6.07 Å². The van der Waals surface area contributed by atoms with Gasteiger partial charge in [-0.3, -0.25) is 4.79 Å². The highest BCUT2D eigenvalue weighted by molar-refractivity contribution is 7.89. The lowest BCUT2D eigenvalue weighted by atomic mass is 10.1. The lowest BCUT2D eigenvalue weighted by molar-refractivity contribution is -0.130. The van der Waals surface area contributed by atoms with Crippen molar-refractivity contribution in [3.8, 4) is 6.07 Å². The molecule has 2 fully saturated rings. The van der Waals surface area contributed by atoms with E-state index in [1.165, 1.54) is 9.21 Å². The molecule has 2 aliphatic rings. The molecular weight excluding hydrogens is 371 g/mol. The van der Waals surface area contributed by atoms with Crippen LogP contribution in [0.15, 0.2) is 0 Å². The van der Waals surface area contributed by atoms with Gasteiger partial charge in [0.25, 0.3) is 0 Å². The first-order valence-corrected chi connectivity index (χ1v) is 9.78. The lowest BCUT2D eigenvalue weighted by Gasteiger charge is -2.21. The molecule has 1 amide bonds. The number of hydrogen-bond donors (Lipinski definition) is 1. The zero-order valence-electron chi connectivity index (χ0n) is 14.5. The summed E-state index contributed by atoms with van der Waals surface area (Å²) in [4.78, 5) is 13.4.